The minimum Gasteiger partial charge on any atom is -0.488 e. The first-order valence-electron chi connectivity index (χ1n) is 18.3. The van der Waals surface area contributed by atoms with Gasteiger partial charge in [0.15, 0.2) is 0 Å². The monoisotopic (exact) mass is 696 g/mol. The molecule has 5 atom stereocenters. The van der Waals surface area contributed by atoms with Crippen LogP contribution in [-0.4, -0.2) is 75.7 Å². The Kier molecular flexibility index (Phi) is 11.2. The number of ether oxygens (including phenoxy) is 2. The van der Waals surface area contributed by atoms with E-state index in [9.17, 15) is 24.3 Å². The summed E-state index contributed by atoms with van der Waals surface area (Å²) >= 11 is 0. The van der Waals surface area contributed by atoms with Crippen molar-refractivity contribution in [2.45, 2.75) is 101 Å². The Morgan fingerprint density at radius 3 is 2.63 bits per heavy atom. The first kappa shape index (κ1) is 35.9. The second-order valence-corrected chi connectivity index (χ2v) is 14.0. The maximum absolute atomic E-state index is 14.3. The molecule has 0 spiro atoms. The second kappa shape index (κ2) is 16.0. The molecule has 3 amide bonds. The maximum Gasteiger partial charge on any atom is 0.407 e. The molecule has 11 nitrogen and oxygen atoms in total. The molecule has 3 aliphatic rings. The molecule has 3 N–H and O–H groups in total. The van der Waals surface area contributed by atoms with Crippen molar-refractivity contribution >= 4 is 34.8 Å². The minimum absolute atomic E-state index is 0.0609. The summed E-state index contributed by atoms with van der Waals surface area (Å²) < 4.78 is 12.2. The summed E-state index contributed by atoms with van der Waals surface area (Å²) in [4.78, 5) is 59.9. The van der Waals surface area contributed by atoms with Gasteiger partial charge in [-0.3, -0.25) is 9.59 Å². The molecule has 1 aliphatic carbocycles. The Morgan fingerprint density at radius 1 is 1.10 bits per heavy atom. The number of carboxylic acid groups (broad SMARTS) is 1. The summed E-state index contributed by atoms with van der Waals surface area (Å²) in [6.07, 6.45) is 8.02. The van der Waals surface area contributed by atoms with Gasteiger partial charge >= 0.3 is 12.1 Å². The lowest BCUT2D eigenvalue weighted by Gasteiger charge is -2.29. The predicted octanol–water partition coefficient (Wildman–Crippen LogP) is 6.19. The van der Waals surface area contributed by atoms with Gasteiger partial charge in [0.2, 0.25) is 11.8 Å². The Labute approximate surface area is 298 Å². The normalized spacial score (nSPS) is 25.7. The number of hydrogen-bond acceptors (Lipinski definition) is 7. The molecule has 6 rings (SSSR count). The average molecular weight is 697 g/mol. The third-order valence-electron chi connectivity index (χ3n) is 10.4. The van der Waals surface area contributed by atoms with Crippen LogP contribution < -0.4 is 15.4 Å². The first-order chi connectivity index (χ1) is 24.7. The number of nitrogens with one attached hydrogen (secondary N) is 2. The number of amides is 3. The Balaban J connectivity index is 1.37. The third-order valence-corrected chi connectivity index (χ3v) is 10.4. The van der Waals surface area contributed by atoms with Crippen LogP contribution in [0.15, 0.2) is 67.3 Å². The number of fused-ring (bicyclic) bond motifs is 3. The molecule has 4 bridgehead atoms. The summed E-state index contributed by atoms with van der Waals surface area (Å²) in [5, 5.41) is 16.4. The van der Waals surface area contributed by atoms with Gasteiger partial charge in [0.05, 0.1) is 24.4 Å². The number of hydrogen-bond donors (Lipinski definition) is 3. The zero-order valence-electron chi connectivity index (χ0n) is 29.3. The molecule has 2 fully saturated rings. The second-order valence-electron chi connectivity index (χ2n) is 14.0. The number of aryl methyl sites for hydroxylation is 1. The zero-order chi connectivity index (χ0) is 36.0. The summed E-state index contributed by atoms with van der Waals surface area (Å²) in [6, 6.07) is 16.0. The fraction of sp³-hybridized carbons (Fsp3) is 0.475. The van der Waals surface area contributed by atoms with Crippen molar-refractivity contribution < 1.29 is 33.8 Å². The minimum atomic E-state index is -1.47. The Hall–Kier alpha value is -4.93. The highest BCUT2D eigenvalue weighted by Crippen LogP contribution is 2.45. The van der Waals surface area contributed by atoms with Crippen LogP contribution in [-0.2, 0) is 25.5 Å². The number of rotatable bonds is 8. The Morgan fingerprint density at radius 2 is 1.88 bits per heavy atom. The number of unbranched alkanes of at least 4 members (excludes halogenated alkanes) is 1. The van der Waals surface area contributed by atoms with Gasteiger partial charge in [0.25, 0.3) is 0 Å². The summed E-state index contributed by atoms with van der Waals surface area (Å²) in [7, 11) is 0. The van der Waals surface area contributed by atoms with Crippen molar-refractivity contribution in [2.75, 3.05) is 13.2 Å². The number of carbonyl (C=O) groups excluding carboxylic acids is 3. The molecule has 270 valence electrons. The molecule has 3 aromatic rings. The summed E-state index contributed by atoms with van der Waals surface area (Å²) in [5.41, 5.74) is 2.12. The van der Waals surface area contributed by atoms with Crippen LogP contribution in [0.3, 0.4) is 0 Å². The SMILES string of the molecule is C=C[C@@H]1C[C@]1(NC(=O)[C@@H]1C[C@@H]2CN1C(=O)[C@H](CCCC)NC(=O)OCCCCCCCc1ccc3nc(-c4ccccc4)cc(c3c1)O2)C(=O)O. The average Bonchev–Trinajstić information content (AvgIpc) is 3.70. The van der Waals surface area contributed by atoms with Crippen LogP contribution in [0.5, 0.6) is 5.75 Å². The largest absolute Gasteiger partial charge is 0.488 e. The highest BCUT2D eigenvalue weighted by atomic mass is 16.5. The van der Waals surface area contributed by atoms with E-state index in [1.807, 2.05) is 49.4 Å². The highest BCUT2D eigenvalue weighted by Gasteiger charge is 2.61. The number of benzene rings is 2. The number of alkyl carbamates (subject to hydrolysis) is 1. The molecular weight excluding hydrogens is 648 g/mol. The van der Waals surface area contributed by atoms with Crippen molar-refractivity contribution in [3.05, 3.63) is 72.8 Å². The number of aliphatic carboxylic acids is 1. The van der Waals surface area contributed by atoms with E-state index in [-0.39, 0.29) is 26.0 Å². The van der Waals surface area contributed by atoms with Crippen LogP contribution in [0.25, 0.3) is 22.2 Å². The van der Waals surface area contributed by atoms with Crippen molar-refractivity contribution in [3.8, 4) is 17.0 Å². The van der Waals surface area contributed by atoms with E-state index in [1.54, 1.807) is 0 Å². The fourth-order valence-electron chi connectivity index (χ4n) is 7.30. The van der Waals surface area contributed by atoms with Crippen LogP contribution in [0, 0.1) is 5.92 Å². The van der Waals surface area contributed by atoms with E-state index in [0.717, 1.165) is 72.7 Å². The first-order valence-corrected chi connectivity index (χ1v) is 18.3. The van der Waals surface area contributed by atoms with Gasteiger partial charge in [0.1, 0.15) is 29.5 Å². The van der Waals surface area contributed by atoms with E-state index >= 15 is 0 Å². The zero-order valence-corrected chi connectivity index (χ0v) is 29.3. The fourth-order valence-corrected chi connectivity index (χ4v) is 7.30. The molecule has 1 saturated heterocycles. The van der Waals surface area contributed by atoms with Gasteiger partial charge in [-0.15, -0.1) is 6.58 Å². The lowest BCUT2D eigenvalue weighted by Crippen LogP contribution is -2.56. The highest BCUT2D eigenvalue weighted by molar-refractivity contribution is 5.96. The van der Waals surface area contributed by atoms with Gasteiger partial charge in [-0.05, 0) is 49.8 Å². The molecule has 11 heteroatoms. The molecule has 51 heavy (non-hydrogen) atoms. The topological polar surface area (TPSA) is 147 Å². The molecular formula is C40H48N4O7. The molecule has 1 saturated carbocycles. The lowest BCUT2D eigenvalue weighted by atomic mass is 10.0. The lowest BCUT2D eigenvalue weighted by molar-refractivity contribution is -0.145. The van der Waals surface area contributed by atoms with Gasteiger partial charge in [-0.1, -0.05) is 81.5 Å². The smallest absolute Gasteiger partial charge is 0.407 e. The van der Waals surface area contributed by atoms with Crippen molar-refractivity contribution in [2.24, 2.45) is 5.92 Å². The number of carbonyl (C=O) groups is 4. The summed E-state index contributed by atoms with van der Waals surface area (Å²) in [5.74, 6) is -1.99. The van der Waals surface area contributed by atoms with Crippen molar-refractivity contribution in [1.29, 1.82) is 0 Å². The third kappa shape index (κ3) is 8.18. The van der Waals surface area contributed by atoms with Crippen LogP contribution in [0.1, 0.15) is 76.7 Å². The van der Waals surface area contributed by atoms with E-state index < -0.39 is 53.5 Å². The van der Waals surface area contributed by atoms with E-state index in [0.29, 0.717) is 18.6 Å². The Bertz CT molecular complexity index is 1760. The number of carboxylic acids is 1. The van der Waals surface area contributed by atoms with E-state index in [4.69, 9.17) is 14.5 Å². The maximum atomic E-state index is 14.3. The number of pyridine rings is 1. The van der Waals surface area contributed by atoms with Gasteiger partial charge in [-0.2, -0.15) is 0 Å². The quantitative estimate of drug-likeness (QED) is 0.237. The van der Waals surface area contributed by atoms with Crippen LogP contribution in [0.2, 0.25) is 0 Å². The van der Waals surface area contributed by atoms with Crippen molar-refractivity contribution in [3.63, 3.8) is 0 Å². The number of nitrogens with zero attached hydrogens (tertiary/aromatic N) is 2. The van der Waals surface area contributed by atoms with Gasteiger partial charge in [-0.25, -0.2) is 14.6 Å². The molecule has 1 aromatic heterocycles. The molecule has 0 radical (unpaired) electrons. The number of cyclic esters (lactones) is 1. The van der Waals surface area contributed by atoms with Crippen LogP contribution in [0.4, 0.5) is 4.79 Å². The summed E-state index contributed by atoms with van der Waals surface area (Å²) in [6.45, 7) is 6.04. The van der Waals surface area contributed by atoms with E-state index in [2.05, 4.69) is 29.3 Å². The van der Waals surface area contributed by atoms with Crippen molar-refractivity contribution in [1.82, 2.24) is 20.5 Å². The number of aromatic nitrogens is 1. The van der Waals surface area contributed by atoms with Gasteiger partial charge < -0.3 is 30.1 Å². The van der Waals surface area contributed by atoms with Crippen LogP contribution >= 0.6 is 0 Å². The molecule has 0 unspecified atom stereocenters. The predicted molar refractivity (Wildman–Crippen MR) is 193 cm³/mol. The van der Waals surface area contributed by atoms with E-state index in [1.165, 1.54) is 11.0 Å². The molecule has 2 aromatic carbocycles. The molecule has 3 heterocycles. The van der Waals surface area contributed by atoms with Gasteiger partial charge in [0, 0.05) is 29.4 Å². The molecule has 2 aliphatic heterocycles. The standard InChI is InChI=1S/C40H48N4O7/c1-3-5-17-32-37(46)44-25-29(22-34(44)36(45)43-40(38(47)48)24-28(40)4-2)51-35-23-33(27-15-11-9-12-16-27)41-31-19-18-26(21-30(31)35)14-10-7-6-8-13-20-50-39(49)42-32/h4,9,11-12,15-16,18-19,21,23,28-29,32,34H,2-3,5-8,10,13-14,17,20,22,24-25H2,1H3,(H,42,49)(H,43,45)(H,47,48)/t28-,29-,32+,34+,40-/m1/s1.